The molecule has 0 aromatic heterocycles. The average molecular weight is 147 g/mol. The van der Waals surface area contributed by atoms with Crippen molar-refractivity contribution < 1.29 is 9.13 Å². The van der Waals surface area contributed by atoms with Crippen LogP contribution in [0, 0.1) is 0 Å². The number of nitrogens with one attached hydrogen (secondary N) is 1. The summed E-state index contributed by atoms with van der Waals surface area (Å²) in [6.45, 7) is 2.86. The number of halogens is 1. The number of hydrogen-bond donors (Lipinski definition) is 1. The van der Waals surface area contributed by atoms with Crippen molar-refractivity contribution >= 4 is 0 Å². The fraction of sp³-hybridized carbons (Fsp3) is 1.00. The summed E-state index contributed by atoms with van der Waals surface area (Å²) < 4.78 is 16.8. The van der Waals surface area contributed by atoms with Gasteiger partial charge in [0.25, 0.3) is 0 Å². The van der Waals surface area contributed by atoms with E-state index in [-0.39, 0.29) is 19.4 Å². The highest BCUT2D eigenvalue weighted by Crippen LogP contribution is 2.08. The van der Waals surface area contributed by atoms with E-state index in [1.807, 2.05) is 0 Å². The summed E-state index contributed by atoms with van der Waals surface area (Å²) in [7, 11) is 0. The first kappa shape index (κ1) is 7.95. The fourth-order valence-corrected chi connectivity index (χ4v) is 1.23. The van der Waals surface area contributed by atoms with E-state index in [4.69, 9.17) is 4.74 Å². The van der Waals surface area contributed by atoms with Gasteiger partial charge in [0.05, 0.1) is 12.7 Å². The van der Waals surface area contributed by atoms with Crippen molar-refractivity contribution in [3.05, 3.63) is 0 Å². The largest absolute Gasteiger partial charge is 0.374 e. The highest BCUT2D eigenvalue weighted by Gasteiger charge is 2.20. The van der Waals surface area contributed by atoms with Crippen LogP contribution in [0.25, 0.3) is 0 Å². The molecule has 1 heterocycles. The summed E-state index contributed by atoms with van der Waals surface area (Å²) in [6, 6.07) is 0.532. The van der Waals surface area contributed by atoms with Gasteiger partial charge >= 0.3 is 0 Å². The van der Waals surface area contributed by atoms with E-state index < -0.39 is 0 Å². The maximum absolute atomic E-state index is 11.6. The van der Waals surface area contributed by atoms with Crippen LogP contribution in [0.15, 0.2) is 0 Å². The second-order valence-corrected chi connectivity index (χ2v) is 2.73. The zero-order valence-electron chi connectivity index (χ0n) is 6.27. The molecule has 0 bridgehead atoms. The Bertz CT molecular complexity index is 99.6. The van der Waals surface area contributed by atoms with E-state index >= 15 is 0 Å². The lowest BCUT2D eigenvalue weighted by atomic mass is 10.2. The molecule has 3 heteroatoms. The molecule has 1 fully saturated rings. The minimum absolute atomic E-state index is 0.241. The number of rotatable bonds is 3. The molecule has 1 aliphatic rings. The van der Waals surface area contributed by atoms with Crippen LogP contribution >= 0.6 is 0 Å². The lowest BCUT2D eigenvalue weighted by molar-refractivity contribution is 0.0560. The first-order chi connectivity index (χ1) is 4.83. The van der Waals surface area contributed by atoms with Gasteiger partial charge in [0, 0.05) is 12.6 Å². The van der Waals surface area contributed by atoms with Gasteiger partial charge in [0.15, 0.2) is 0 Å². The van der Waals surface area contributed by atoms with Crippen LogP contribution in [0.3, 0.4) is 0 Å². The van der Waals surface area contributed by atoms with Crippen LogP contribution in [0.2, 0.25) is 0 Å². The molecule has 10 heavy (non-hydrogen) atoms. The third-order valence-corrected chi connectivity index (χ3v) is 1.74. The van der Waals surface area contributed by atoms with Crippen molar-refractivity contribution in [2.75, 3.05) is 19.8 Å². The second-order valence-electron chi connectivity index (χ2n) is 2.73. The summed E-state index contributed by atoms with van der Waals surface area (Å²) in [6.07, 6.45) is 1.26. The van der Waals surface area contributed by atoms with Crippen molar-refractivity contribution in [3.8, 4) is 0 Å². The maximum Gasteiger partial charge on any atom is 0.113 e. The summed E-state index contributed by atoms with van der Waals surface area (Å²) in [5.74, 6) is 0. The molecule has 1 N–H and O–H groups in total. The lowest BCUT2D eigenvalue weighted by Crippen LogP contribution is -2.19. The SMILES string of the molecule is C[C@H]1C[C@@H](OCCF)CN1. The van der Waals surface area contributed by atoms with Crippen molar-refractivity contribution in [2.45, 2.75) is 25.5 Å². The Morgan fingerprint density at radius 1 is 1.70 bits per heavy atom. The molecule has 0 aromatic carbocycles. The predicted molar refractivity (Wildman–Crippen MR) is 37.8 cm³/mol. The number of alkyl halides is 1. The van der Waals surface area contributed by atoms with Crippen LogP contribution in [0.1, 0.15) is 13.3 Å². The molecule has 1 aliphatic heterocycles. The van der Waals surface area contributed by atoms with Crippen LogP contribution < -0.4 is 5.32 Å². The molecule has 0 amide bonds. The second kappa shape index (κ2) is 3.88. The summed E-state index contributed by atoms with van der Waals surface area (Å²) in [5, 5.41) is 3.23. The molecular formula is C7H14FNO. The molecule has 0 unspecified atom stereocenters. The zero-order valence-corrected chi connectivity index (χ0v) is 6.27. The van der Waals surface area contributed by atoms with Crippen molar-refractivity contribution in [2.24, 2.45) is 0 Å². The Balaban J connectivity index is 2.06. The van der Waals surface area contributed by atoms with Crippen LogP contribution in [0.5, 0.6) is 0 Å². The topological polar surface area (TPSA) is 21.3 Å². The van der Waals surface area contributed by atoms with Gasteiger partial charge in [-0.05, 0) is 13.3 Å². The van der Waals surface area contributed by atoms with Crippen LogP contribution in [0.4, 0.5) is 4.39 Å². The first-order valence-corrected chi connectivity index (χ1v) is 3.74. The quantitative estimate of drug-likeness (QED) is 0.635. The predicted octanol–water partition coefficient (Wildman–Crippen LogP) is 0.723. The first-order valence-electron chi connectivity index (χ1n) is 3.74. The van der Waals surface area contributed by atoms with E-state index in [0.717, 1.165) is 13.0 Å². The van der Waals surface area contributed by atoms with Gasteiger partial charge in [-0.15, -0.1) is 0 Å². The van der Waals surface area contributed by atoms with Gasteiger partial charge in [-0.3, -0.25) is 0 Å². The molecule has 1 rings (SSSR count). The van der Waals surface area contributed by atoms with E-state index in [1.165, 1.54) is 0 Å². The maximum atomic E-state index is 11.6. The van der Waals surface area contributed by atoms with Crippen LogP contribution in [-0.4, -0.2) is 32.0 Å². The molecule has 2 atom stereocenters. The third-order valence-electron chi connectivity index (χ3n) is 1.74. The van der Waals surface area contributed by atoms with E-state index in [1.54, 1.807) is 0 Å². The van der Waals surface area contributed by atoms with Gasteiger partial charge in [0.1, 0.15) is 6.67 Å². The van der Waals surface area contributed by atoms with Crippen molar-refractivity contribution in [1.29, 1.82) is 0 Å². The molecule has 0 spiro atoms. The standard InChI is InChI=1S/C7H14FNO/c1-6-4-7(5-9-6)10-3-2-8/h6-7,9H,2-5H2,1H3/t6-,7+/m0/s1. The highest BCUT2D eigenvalue weighted by molar-refractivity contribution is 4.78. The van der Waals surface area contributed by atoms with Crippen molar-refractivity contribution in [3.63, 3.8) is 0 Å². The van der Waals surface area contributed by atoms with Crippen LogP contribution in [-0.2, 0) is 4.74 Å². The Labute approximate surface area is 60.8 Å². The Morgan fingerprint density at radius 3 is 3.00 bits per heavy atom. The lowest BCUT2D eigenvalue weighted by Gasteiger charge is -2.07. The van der Waals surface area contributed by atoms with E-state index in [0.29, 0.717) is 6.04 Å². The van der Waals surface area contributed by atoms with E-state index in [9.17, 15) is 4.39 Å². The summed E-state index contributed by atoms with van der Waals surface area (Å²) in [5.41, 5.74) is 0. The number of hydrogen-bond acceptors (Lipinski definition) is 2. The molecule has 60 valence electrons. The van der Waals surface area contributed by atoms with Gasteiger partial charge in [-0.2, -0.15) is 0 Å². The third kappa shape index (κ3) is 2.23. The summed E-state index contributed by atoms with van der Waals surface area (Å²) in [4.78, 5) is 0. The number of ether oxygens (including phenoxy) is 1. The molecule has 0 radical (unpaired) electrons. The molecule has 0 saturated carbocycles. The Kier molecular flexibility index (Phi) is 3.09. The molecule has 0 aliphatic carbocycles. The molecule has 1 saturated heterocycles. The van der Waals surface area contributed by atoms with Gasteiger partial charge in [0.2, 0.25) is 0 Å². The molecule has 0 aromatic rings. The smallest absolute Gasteiger partial charge is 0.113 e. The minimum Gasteiger partial charge on any atom is -0.374 e. The van der Waals surface area contributed by atoms with Gasteiger partial charge in [-0.1, -0.05) is 0 Å². The van der Waals surface area contributed by atoms with Crippen molar-refractivity contribution in [1.82, 2.24) is 5.32 Å². The van der Waals surface area contributed by atoms with Gasteiger partial charge in [-0.25, -0.2) is 4.39 Å². The highest BCUT2D eigenvalue weighted by atomic mass is 19.1. The fourth-order valence-electron chi connectivity index (χ4n) is 1.23. The monoisotopic (exact) mass is 147 g/mol. The Morgan fingerprint density at radius 2 is 2.50 bits per heavy atom. The zero-order chi connectivity index (χ0) is 7.40. The molecule has 2 nitrogen and oxygen atoms in total. The Hall–Kier alpha value is -0.150. The van der Waals surface area contributed by atoms with Gasteiger partial charge < -0.3 is 10.1 Å². The average Bonchev–Trinajstić information content (AvgIpc) is 2.31. The minimum atomic E-state index is -0.370. The molecular weight excluding hydrogens is 133 g/mol. The summed E-state index contributed by atoms with van der Waals surface area (Å²) >= 11 is 0. The van der Waals surface area contributed by atoms with E-state index in [2.05, 4.69) is 12.2 Å². The normalized spacial score (nSPS) is 33.0.